The predicted molar refractivity (Wildman–Crippen MR) is 63.3 cm³/mol. The molecule has 1 saturated heterocycles. The molecule has 0 saturated carbocycles. The predicted octanol–water partition coefficient (Wildman–Crippen LogP) is 2.42. The molecule has 0 spiro atoms. The van der Waals surface area contributed by atoms with Gasteiger partial charge in [-0.05, 0) is 40.2 Å². The van der Waals surface area contributed by atoms with Gasteiger partial charge in [0.05, 0.1) is 12.6 Å². The molecule has 1 atom stereocenters. The summed E-state index contributed by atoms with van der Waals surface area (Å²) in [4.78, 5) is 12.5. The fourth-order valence-electron chi connectivity index (χ4n) is 1.56. The van der Waals surface area contributed by atoms with E-state index < -0.39 is 0 Å². The number of thiophene rings is 1. The maximum atomic E-state index is 11.8. The average Bonchev–Trinajstić information content (AvgIpc) is 2.66. The van der Waals surface area contributed by atoms with E-state index in [4.69, 9.17) is 4.74 Å². The van der Waals surface area contributed by atoms with Crippen LogP contribution in [0.15, 0.2) is 15.9 Å². The molecule has 0 aromatic carbocycles. The van der Waals surface area contributed by atoms with Gasteiger partial charge >= 0.3 is 0 Å². The largest absolute Gasteiger partial charge is 0.379 e. The molecule has 1 fully saturated rings. The summed E-state index contributed by atoms with van der Waals surface area (Å²) in [6.07, 6.45) is 2.03. The summed E-state index contributed by atoms with van der Waals surface area (Å²) in [5.41, 5.74) is 0. The molecule has 1 aromatic heterocycles. The lowest BCUT2D eigenvalue weighted by Crippen LogP contribution is -2.40. The lowest BCUT2D eigenvalue weighted by molar-refractivity contribution is 0.0625. The van der Waals surface area contributed by atoms with Gasteiger partial charge in [-0.25, -0.2) is 0 Å². The SMILES string of the molecule is O=C(NC1CCCOC1)c1sccc1Br. The number of hydrogen-bond acceptors (Lipinski definition) is 3. The minimum absolute atomic E-state index is 0.00706. The van der Waals surface area contributed by atoms with Crippen LogP contribution in [0.4, 0.5) is 0 Å². The molecule has 15 heavy (non-hydrogen) atoms. The van der Waals surface area contributed by atoms with Crippen LogP contribution in [0.25, 0.3) is 0 Å². The Balaban J connectivity index is 1.94. The van der Waals surface area contributed by atoms with Gasteiger partial charge in [0.1, 0.15) is 4.88 Å². The third kappa shape index (κ3) is 2.80. The van der Waals surface area contributed by atoms with Crippen molar-refractivity contribution in [3.05, 3.63) is 20.8 Å². The summed E-state index contributed by atoms with van der Waals surface area (Å²) >= 11 is 4.80. The van der Waals surface area contributed by atoms with Gasteiger partial charge in [-0.15, -0.1) is 11.3 Å². The fraction of sp³-hybridized carbons (Fsp3) is 0.500. The van der Waals surface area contributed by atoms with E-state index in [1.54, 1.807) is 0 Å². The van der Waals surface area contributed by atoms with Crippen LogP contribution >= 0.6 is 27.3 Å². The summed E-state index contributed by atoms with van der Waals surface area (Å²) in [6, 6.07) is 2.05. The number of nitrogens with one attached hydrogen (secondary N) is 1. The van der Waals surface area contributed by atoms with E-state index in [2.05, 4.69) is 21.2 Å². The molecular weight excluding hydrogens is 278 g/mol. The van der Waals surface area contributed by atoms with Crippen molar-refractivity contribution in [3.63, 3.8) is 0 Å². The van der Waals surface area contributed by atoms with E-state index >= 15 is 0 Å². The Hall–Kier alpha value is -0.390. The molecule has 1 aromatic rings. The van der Waals surface area contributed by atoms with Gasteiger partial charge in [-0.3, -0.25) is 4.79 Å². The normalized spacial score (nSPS) is 21.3. The third-order valence-corrected chi connectivity index (χ3v) is 4.16. The lowest BCUT2D eigenvalue weighted by atomic mass is 10.1. The van der Waals surface area contributed by atoms with E-state index in [0.29, 0.717) is 6.61 Å². The number of carbonyl (C=O) groups excluding carboxylic acids is 1. The summed E-state index contributed by atoms with van der Waals surface area (Å²) < 4.78 is 6.17. The molecule has 1 aliphatic rings. The van der Waals surface area contributed by atoms with Crippen molar-refractivity contribution < 1.29 is 9.53 Å². The first-order valence-corrected chi connectivity index (χ1v) is 6.56. The van der Waals surface area contributed by atoms with Gasteiger partial charge < -0.3 is 10.1 Å². The van der Waals surface area contributed by atoms with Gasteiger partial charge in [-0.2, -0.15) is 0 Å². The maximum absolute atomic E-state index is 11.8. The van der Waals surface area contributed by atoms with Gasteiger partial charge in [0.2, 0.25) is 0 Å². The highest BCUT2D eigenvalue weighted by Crippen LogP contribution is 2.22. The molecule has 82 valence electrons. The van der Waals surface area contributed by atoms with Crippen LogP contribution in [0.5, 0.6) is 0 Å². The van der Waals surface area contributed by atoms with Crippen molar-refractivity contribution in [1.82, 2.24) is 5.32 Å². The molecular formula is C10H12BrNO2S. The summed E-state index contributed by atoms with van der Waals surface area (Å²) in [5.74, 6) is -0.00706. The number of amides is 1. The molecule has 0 aliphatic carbocycles. The first-order valence-electron chi connectivity index (χ1n) is 4.89. The Kier molecular flexibility index (Phi) is 3.77. The van der Waals surface area contributed by atoms with E-state index in [0.717, 1.165) is 28.8 Å². The molecule has 1 N–H and O–H groups in total. The van der Waals surface area contributed by atoms with Crippen LogP contribution in [0.3, 0.4) is 0 Å². The zero-order chi connectivity index (χ0) is 10.7. The quantitative estimate of drug-likeness (QED) is 0.908. The van der Waals surface area contributed by atoms with Crippen LogP contribution in [0.2, 0.25) is 0 Å². The zero-order valence-electron chi connectivity index (χ0n) is 8.16. The van der Waals surface area contributed by atoms with E-state index in [-0.39, 0.29) is 11.9 Å². The monoisotopic (exact) mass is 289 g/mol. The van der Waals surface area contributed by atoms with E-state index in [1.165, 1.54) is 11.3 Å². The van der Waals surface area contributed by atoms with Crippen molar-refractivity contribution in [1.29, 1.82) is 0 Å². The average molecular weight is 290 g/mol. The summed E-state index contributed by atoms with van der Waals surface area (Å²) in [5, 5.41) is 4.88. The van der Waals surface area contributed by atoms with E-state index in [1.807, 2.05) is 11.4 Å². The van der Waals surface area contributed by atoms with Gasteiger partial charge in [0.15, 0.2) is 0 Å². The topological polar surface area (TPSA) is 38.3 Å². The van der Waals surface area contributed by atoms with Crippen LogP contribution < -0.4 is 5.32 Å². The van der Waals surface area contributed by atoms with Crippen molar-refractivity contribution in [2.45, 2.75) is 18.9 Å². The van der Waals surface area contributed by atoms with Crippen LogP contribution in [0, 0.1) is 0 Å². The van der Waals surface area contributed by atoms with Gasteiger partial charge in [0, 0.05) is 11.1 Å². The highest BCUT2D eigenvalue weighted by molar-refractivity contribution is 9.10. The molecule has 1 aliphatic heterocycles. The van der Waals surface area contributed by atoms with Crippen molar-refractivity contribution in [2.75, 3.05) is 13.2 Å². The number of rotatable bonds is 2. The van der Waals surface area contributed by atoms with Gasteiger partial charge in [-0.1, -0.05) is 0 Å². The Morgan fingerprint density at radius 3 is 3.13 bits per heavy atom. The Bertz CT molecular complexity index is 347. The standard InChI is InChI=1S/C10H12BrNO2S/c11-8-3-5-15-9(8)10(13)12-7-2-1-4-14-6-7/h3,5,7H,1-2,4,6H2,(H,12,13). The molecule has 1 unspecified atom stereocenters. The smallest absolute Gasteiger partial charge is 0.262 e. The molecule has 2 rings (SSSR count). The second kappa shape index (κ2) is 5.09. The summed E-state index contributed by atoms with van der Waals surface area (Å²) in [6.45, 7) is 1.45. The van der Waals surface area contributed by atoms with Crippen LogP contribution in [-0.2, 0) is 4.74 Å². The Morgan fingerprint density at radius 1 is 1.67 bits per heavy atom. The Labute approximate surface area is 101 Å². The number of carbonyl (C=O) groups is 1. The van der Waals surface area contributed by atoms with Crippen LogP contribution in [-0.4, -0.2) is 25.2 Å². The first kappa shape index (κ1) is 11.1. The molecule has 0 bridgehead atoms. The second-order valence-corrected chi connectivity index (χ2v) is 5.26. The molecule has 5 heteroatoms. The summed E-state index contributed by atoms with van der Waals surface area (Å²) in [7, 11) is 0. The third-order valence-electron chi connectivity index (χ3n) is 2.32. The molecule has 0 radical (unpaired) electrons. The first-order chi connectivity index (χ1) is 7.27. The highest BCUT2D eigenvalue weighted by atomic mass is 79.9. The second-order valence-electron chi connectivity index (χ2n) is 3.49. The molecule has 3 nitrogen and oxygen atoms in total. The fourth-order valence-corrected chi connectivity index (χ4v) is 3.02. The number of ether oxygens (including phenoxy) is 1. The highest BCUT2D eigenvalue weighted by Gasteiger charge is 2.18. The van der Waals surface area contributed by atoms with Crippen molar-refractivity contribution in [2.24, 2.45) is 0 Å². The maximum Gasteiger partial charge on any atom is 0.262 e. The van der Waals surface area contributed by atoms with Crippen molar-refractivity contribution >= 4 is 33.2 Å². The molecule has 2 heterocycles. The number of hydrogen-bond donors (Lipinski definition) is 1. The minimum atomic E-state index is -0.00706. The number of halogens is 1. The van der Waals surface area contributed by atoms with Crippen LogP contribution in [0.1, 0.15) is 22.5 Å². The lowest BCUT2D eigenvalue weighted by Gasteiger charge is -2.22. The van der Waals surface area contributed by atoms with E-state index in [9.17, 15) is 4.79 Å². The Morgan fingerprint density at radius 2 is 2.53 bits per heavy atom. The van der Waals surface area contributed by atoms with Crippen molar-refractivity contribution in [3.8, 4) is 0 Å². The zero-order valence-corrected chi connectivity index (χ0v) is 10.6. The minimum Gasteiger partial charge on any atom is -0.379 e. The van der Waals surface area contributed by atoms with Gasteiger partial charge in [0.25, 0.3) is 5.91 Å². The molecule has 1 amide bonds.